The number of anilines is 2. The fourth-order valence-corrected chi connectivity index (χ4v) is 6.35. The van der Waals surface area contributed by atoms with Crippen molar-refractivity contribution in [3.05, 3.63) is 78.6 Å². The number of carbonyl (C=O) groups is 2. The summed E-state index contributed by atoms with van der Waals surface area (Å²) in [7, 11) is -0.954. The van der Waals surface area contributed by atoms with Gasteiger partial charge in [0.2, 0.25) is 10.0 Å². The number of para-hydroxylation sites is 1. The van der Waals surface area contributed by atoms with Crippen molar-refractivity contribution in [2.24, 2.45) is 5.92 Å². The lowest BCUT2D eigenvalue weighted by molar-refractivity contribution is 0.0389. The number of rotatable bonds is 9. The fourth-order valence-electron chi connectivity index (χ4n) is 5.17. The standard InChI is InChI=1S/C32H36N4O8S/c1-20-17-36(21(2)19-37)31(38)26-6-5-7-27(34-32(39)33-23-8-13-28-22(16-23)14-15-43-28)30(26)44-29(20)18-35(3)45(40,41)25-11-9-24(42-4)10-12-25/h5-16,20-21,29,37H,17-19H2,1-4H3,(H2,33,34,39). The molecule has 1 aliphatic rings. The highest BCUT2D eigenvalue weighted by Gasteiger charge is 2.36. The van der Waals surface area contributed by atoms with E-state index in [0.717, 1.165) is 5.39 Å². The summed E-state index contributed by atoms with van der Waals surface area (Å²) < 4.78 is 45.2. The lowest BCUT2D eigenvalue weighted by Gasteiger charge is -2.38. The lowest BCUT2D eigenvalue weighted by Crippen LogP contribution is -2.50. The maximum Gasteiger partial charge on any atom is 0.323 e. The van der Waals surface area contributed by atoms with Crippen LogP contribution < -0.4 is 20.1 Å². The van der Waals surface area contributed by atoms with Crippen LogP contribution in [-0.4, -0.2) is 80.7 Å². The summed E-state index contributed by atoms with van der Waals surface area (Å²) in [6.07, 6.45) is 0.820. The minimum Gasteiger partial charge on any atom is -0.497 e. The maximum absolute atomic E-state index is 13.8. The average Bonchev–Trinajstić information content (AvgIpc) is 3.50. The molecule has 0 fully saturated rings. The van der Waals surface area contributed by atoms with Crippen LogP contribution in [0.25, 0.3) is 11.0 Å². The first-order valence-corrected chi connectivity index (χ1v) is 15.8. The van der Waals surface area contributed by atoms with E-state index in [4.69, 9.17) is 13.9 Å². The van der Waals surface area contributed by atoms with Crippen LogP contribution in [0.15, 0.2) is 82.3 Å². The van der Waals surface area contributed by atoms with Crippen molar-refractivity contribution in [2.45, 2.75) is 30.9 Å². The molecule has 0 aliphatic carbocycles. The number of aliphatic hydroxyl groups is 1. The van der Waals surface area contributed by atoms with Gasteiger partial charge in [0, 0.05) is 30.6 Å². The van der Waals surface area contributed by atoms with Crippen LogP contribution in [0.2, 0.25) is 0 Å². The number of sulfonamides is 1. The smallest absolute Gasteiger partial charge is 0.323 e. The van der Waals surface area contributed by atoms with Crippen LogP contribution in [0.5, 0.6) is 11.5 Å². The van der Waals surface area contributed by atoms with E-state index in [0.29, 0.717) is 17.0 Å². The van der Waals surface area contributed by atoms with Gasteiger partial charge in [0.1, 0.15) is 17.4 Å². The van der Waals surface area contributed by atoms with Gasteiger partial charge in [0.25, 0.3) is 5.91 Å². The summed E-state index contributed by atoms with van der Waals surface area (Å²) in [5.74, 6) is -0.123. The molecule has 3 aromatic carbocycles. The van der Waals surface area contributed by atoms with Gasteiger partial charge < -0.3 is 34.5 Å². The highest BCUT2D eigenvalue weighted by molar-refractivity contribution is 7.89. The number of nitrogens with zero attached hydrogens (tertiary/aromatic N) is 2. The maximum atomic E-state index is 13.8. The number of ether oxygens (including phenoxy) is 2. The third kappa shape index (κ3) is 6.75. The topological polar surface area (TPSA) is 151 Å². The zero-order valence-electron chi connectivity index (χ0n) is 25.4. The average molecular weight is 637 g/mol. The van der Waals surface area contributed by atoms with Crippen LogP contribution in [0.3, 0.4) is 0 Å². The molecule has 3 atom stereocenters. The van der Waals surface area contributed by atoms with E-state index >= 15 is 0 Å². The van der Waals surface area contributed by atoms with Gasteiger partial charge in [-0.2, -0.15) is 4.31 Å². The largest absolute Gasteiger partial charge is 0.497 e. The van der Waals surface area contributed by atoms with Gasteiger partial charge in [-0.1, -0.05) is 13.0 Å². The van der Waals surface area contributed by atoms with Gasteiger partial charge in [-0.3, -0.25) is 4.79 Å². The monoisotopic (exact) mass is 636 g/mol. The molecule has 0 saturated carbocycles. The second-order valence-electron chi connectivity index (χ2n) is 11.0. The Bertz CT molecular complexity index is 1790. The second-order valence-corrected chi connectivity index (χ2v) is 13.1. The van der Waals surface area contributed by atoms with Gasteiger partial charge >= 0.3 is 6.03 Å². The van der Waals surface area contributed by atoms with Crippen molar-refractivity contribution in [3.8, 4) is 11.5 Å². The predicted molar refractivity (Wildman–Crippen MR) is 169 cm³/mol. The second kappa shape index (κ2) is 13.2. The molecule has 3 N–H and O–H groups in total. The zero-order valence-corrected chi connectivity index (χ0v) is 26.2. The molecule has 0 radical (unpaired) electrons. The van der Waals surface area contributed by atoms with Gasteiger partial charge in [0.05, 0.1) is 48.7 Å². The van der Waals surface area contributed by atoms with E-state index in [1.165, 1.54) is 30.6 Å². The Balaban J connectivity index is 1.45. The number of urea groups is 1. The third-order valence-corrected chi connectivity index (χ3v) is 9.69. The summed E-state index contributed by atoms with van der Waals surface area (Å²) in [5, 5.41) is 16.3. The van der Waals surface area contributed by atoms with E-state index in [-0.39, 0.29) is 53.4 Å². The number of amides is 3. The summed E-state index contributed by atoms with van der Waals surface area (Å²) in [4.78, 5) is 28.5. The Labute approximate surface area is 261 Å². The number of hydrogen-bond acceptors (Lipinski definition) is 8. The number of furan rings is 1. The molecule has 3 unspecified atom stereocenters. The van der Waals surface area contributed by atoms with Gasteiger partial charge in [-0.15, -0.1) is 0 Å². The lowest BCUT2D eigenvalue weighted by atomic mass is 9.99. The normalized spacial score (nSPS) is 17.6. The van der Waals surface area contributed by atoms with E-state index in [9.17, 15) is 23.1 Å². The van der Waals surface area contributed by atoms with Crippen molar-refractivity contribution < 1.29 is 37.0 Å². The number of carbonyl (C=O) groups excluding carboxylic acids is 2. The summed E-state index contributed by atoms with van der Waals surface area (Å²) in [6.45, 7) is 3.45. The number of aliphatic hydroxyl groups excluding tert-OH is 1. The molecule has 0 spiro atoms. The summed E-state index contributed by atoms with van der Waals surface area (Å²) >= 11 is 0. The Morgan fingerprint density at radius 2 is 1.89 bits per heavy atom. The molecule has 0 saturated heterocycles. The zero-order chi connectivity index (χ0) is 32.3. The van der Waals surface area contributed by atoms with Crippen LogP contribution in [0, 0.1) is 5.92 Å². The summed E-state index contributed by atoms with van der Waals surface area (Å²) in [6, 6.07) is 16.8. The fraction of sp³-hybridized carbons (Fsp3) is 0.312. The minimum atomic E-state index is -3.91. The predicted octanol–water partition coefficient (Wildman–Crippen LogP) is 4.63. The van der Waals surface area contributed by atoms with E-state index in [2.05, 4.69) is 10.6 Å². The number of hydrogen-bond donors (Lipinski definition) is 3. The number of methoxy groups -OCH3 is 1. The number of fused-ring (bicyclic) bond motifs is 2. The molecular formula is C32H36N4O8S. The van der Waals surface area contributed by atoms with Crippen molar-refractivity contribution in [1.82, 2.24) is 9.21 Å². The first-order chi connectivity index (χ1) is 21.5. The molecule has 1 aliphatic heterocycles. The molecule has 2 heterocycles. The van der Waals surface area contributed by atoms with Crippen LogP contribution in [0.4, 0.5) is 16.2 Å². The van der Waals surface area contributed by atoms with Crippen LogP contribution >= 0.6 is 0 Å². The number of benzene rings is 3. The Kier molecular flexibility index (Phi) is 9.32. The van der Waals surface area contributed by atoms with E-state index in [1.807, 2.05) is 6.92 Å². The molecule has 0 bridgehead atoms. The Morgan fingerprint density at radius 3 is 2.60 bits per heavy atom. The molecular weight excluding hydrogens is 600 g/mol. The van der Waals surface area contributed by atoms with Crippen molar-refractivity contribution >= 4 is 44.3 Å². The molecule has 3 amide bonds. The Hall–Kier alpha value is -4.59. The first kappa shape index (κ1) is 31.8. The molecule has 45 heavy (non-hydrogen) atoms. The molecule has 12 nitrogen and oxygen atoms in total. The van der Waals surface area contributed by atoms with Gasteiger partial charge in [0.15, 0.2) is 5.75 Å². The third-order valence-electron chi connectivity index (χ3n) is 7.85. The molecule has 1 aromatic heterocycles. The van der Waals surface area contributed by atoms with Gasteiger partial charge in [-0.25, -0.2) is 13.2 Å². The quantitative estimate of drug-likeness (QED) is 0.241. The van der Waals surface area contributed by atoms with Gasteiger partial charge in [-0.05, 0) is 67.6 Å². The van der Waals surface area contributed by atoms with Crippen molar-refractivity contribution in [2.75, 3.05) is 44.5 Å². The molecule has 13 heteroatoms. The van der Waals surface area contributed by atoms with Crippen LogP contribution in [0.1, 0.15) is 24.2 Å². The van der Waals surface area contributed by atoms with Crippen molar-refractivity contribution in [1.29, 1.82) is 0 Å². The Morgan fingerprint density at radius 1 is 1.13 bits per heavy atom. The molecule has 4 aromatic rings. The molecule has 5 rings (SSSR count). The van der Waals surface area contributed by atoms with E-state index in [1.54, 1.807) is 72.7 Å². The highest BCUT2D eigenvalue weighted by Crippen LogP contribution is 2.35. The molecule has 238 valence electrons. The number of nitrogens with one attached hydrogen (secondary N) is 2. The van der Waals surface area contributed by atoms with Crippen molar-refractivity contribution in [3.63, 3.8) is 0 Å². The highest BCUT2D eigenvalue weighted by atomic mass is 32.2. The minimum absolute atomic E-state index is 0.0598. The first-order valence-electron chi connectivity index (χ1n) is 14.4. The van der Waals surface area contributed by atoms with Crippen LogP contribution in [-0.2, 0) is 10.0 Å². The number of likely N-dealkylation sites (N-methyl/N-ethyl adjacent to an activating group) is 1. The SMILES string of the molecule is COc1ccc(S(=O)(=O)N(C)CC2Oc3c(NC(=O)Nc4ccc5occc5c4)cccc3C(=O)N(C(C)CO)CC2C)cc1. The summed E-state index contributed by atoms with van der Waals surface area (Å²) in [5.41, 5.74) is 1.60. The van der Waals surface area contributed by atoms with E-state index < -0.39 is 28.2 Å².